The molecule has 8 nitrogen and oxygen atoms in total. The number of likely N-dealkylation sites (N-methyl/N-ethyl adjacent to an activating group) is 2. The summed E-state index contributed by atoms with van der Waals surface area (Å²) >= 11 is 0. The molecule has 4 aliphatic rings. The predicted octanol–water partition coefficient (Wildman–Crippen LogP) is 5.87. The highest BCUT2D eigenvalue weighted by molar-refractivity contribution is 5.69. The van der Waals surface area contributed by atoms with Gasteiger partial charge >= 0.3 is 0 Å². The van der Waals surface area contributed by atoms with Crippen LogP contribution in [0.1, 0.15) is 45.5 Å². The number of rotatable bonds is 3. The van der Waals surface area contributed by atoms with Crippen molar-refractivity contribution in [2.75, 3.05) is 42.0 Å². The number of nitrogens with one attached hydrogen (secondary N) is 1. The average Bonchev–Trinajstić information content (AvgIpc) is 3.05. The molecule has 2 N–H and O–H groups in total. The van der Waals surface area contributed by atoms with Crippen LogP contribution in [-0.2, 0) is 19.3 Å². The molecule has 3 unspecified atom stereocenters. The Bertz CT molecular complexity index is 1780. The minimum atomic E-state index is -0.0401. The van der Waals surface area contributed by atoms with Gasteiger partial charge in [0.1, 0.15) is 11.8 Å². The van der Waals surface area contributed by atoms with Gasteiger partial charge < -0.3 is 33.7 Å². The Morgan fingerprint density at radius 1 is 0.822 bits per heavy atom. The van der Waals surface area contributed by atoms with Crippen molar-refractivity contribution in [1.82, 2.24) is 4.90 Å². The topological polar surface area (TPSA) is 74.1 Å². The van der Waals surface area contributed by atoms with Crippen LogP contribution >= 0.6 is 0 Å². The van der Waals surface area contributed by atoms with Crippen LogP contribution in [-0.4, -0.2) is 52.0 Å². The summed E-state index contributed by atoms with van der Waals surface area (Å²) in [5.41, 5.74) is 6.53. The van der Waals surface area contributed by atoms with Gasteiger partial charge in [-0.3, -0.25) is 4.90 Å². The van der Waals surface area contributed by atoms with Crippen molar-refractivity contribution >= 4 is 6.08 Å². The molecule has 0 aromatic heterocycles. The summed E-state index contributed by atoms with van der Waals surface area (Å²) < 4.78 is 30.4. The molecular weight excluding hydrogens is 568 g/mol. The van der Waals surface area contributed by atoms with Crippen molar-refractivity contribution < 1.29 is 33.7 Å². The second-order valence-electron chi connectivity index (χ2n) is 12.1. The van der Waals surface area contributed by atoms with Crippen molar-refractivity contribution in [1.29, 1.82) is 0 Å². The first-order valence-electron chi connectivity index (χ1n) is 15.3. The van der Waals surface area contributed by atoms with Gasteiger partial charge in [-0.25, -0.2) is 0 Å². The van der Waals surface area contributed by atoms with E-state index in [2.05, 4.69) is 67.7 Å². The fourth-order valence-electron chi connectivity index (χ4n) is 6.90. The quantitative estimate of drug-likeness (QED) is 0.302. The normalized spacial score (nSPS) is 20.2. The lowest BCUT2D eigenvalue weighted by Gasteiger charge is -2.35. The summed E-state index contributed by atoms with van der Waals surface area (Å²) in [6, 6.07) is 20.4. The van der Waals surface area contributed by atoms with Gasteiger partial charge in [0, 0.05) is 19.0 Å². The molecule has 3 atom stereocenters. The third-order valence-corrected chi connectivity index (χ3v) is 9.44. The van der Waals surface area contributed by atoms with E-state index >= 15 is 0 Å². The van der Waals surface area contributed by atoms with Gasteiger partial charge in [0.15, 0.2) is 34.5 Å². The van der Waals surface area contributed by atoms with Crippen LogP contribution in [0.25, 0.3) is 6.08 Å². The van der Waals surface area contributed by atoms with Crippen LogP contribution in [0.3, 0.4) is 0 Å². The molecule has 6 bridgehead atoms. The lowest BCUT2D eigenvalue weighted by Crippen LogP contribution is -3.05. The van der Waals surface area contributed by atoms with Gasteiger partial charge in [-0.2, -0.15) is 0 Å². The summed E-state index contributed by atoms with van der Waals surface area (Å²) in [4.78, 5) is 3.55. The Labute approximate surface area is 264 Å². The summed E-state index contributed by atoms with van der Waals surface area (Å²) in [6.45, 7) is 0.917. The molecule has 4 aliphatic heterocycles. The lowest BCUT2D eigenvalue weighted by molar-refractivity contribution is -0.860. The standard InChI is InChI=1S/C37H38N2O6/c1-38-14-12-24-19-31(42-4)33-21-27(24)28(38)17-23-8-11-30(41-3)32(18-23)44-26-9-6-22(7-10-26)16-29-35-25(13-15-39(29)2)20-34(43-5)36(40)37(35)45-33/h6-11,13,15,18-21,28-29,40H,12,14,16-17H2,1-5H3/p+1. The Balaban J connectivity index is 1.45. The maximum Gasteiger partial charge on any atom is 0.202 e. The maximum atomic E-state index is 11.6. The molecule has 4 heterocycles. The molecule has 0 saturated heterocycles. The predicted molar refractivity (Wildman–Crippen MR) is 172 cm³/mol. The number of phenols is 1. The van der Waals surface area contributed by atoms with E-state index in [4.69, 9.17) is 23.7 Å². The minimum Gasteiger partial charge on any atom is -0.502 e. The van der Waals surface area contributed by atoms with Gasteiger partial charge in [0.25, 0.3) is 0 Å². The minimum absolute atomic E-state index is 0.0262. The van der Waals surface area contributed by atoms with Crippen LogP contribution in [0.2, 0.25) is 0 Å². The molecule has 4 aromatic rings. The van der Waals surface area contributed by atoms with E-state index in [-0.39, 0.29) is 17.8 Å². The first kappa shape index (κ1) is 29.1. The summed E-state index contributed by atoms with van der Waals surface area (Å²) in [7, 11) is 9.17. The Kier molecular flexibility index (Phi) is 7.55. The molecule has 8 heteroatoms. The number of hydrogen-bond acceptors (Lipinski definition) is 7. The van der Waals surface area contributed by atoms with Gasteiger partial charge in [0.2, 0.25) is 5.75 Å². The second-order valence-corrected chi connectivity index (χ2v) is 12.1. The van der Waals surface area contributed by atoms with Crippen molar-refractivity contribution in [3.05, 3.63) is 100 Å². The zero-order chi connectivity index (χ0) is 31.2. The number of phenolic OH excluding ortho intramolecular Hbond substituents is 1. The third kappa shape index (κ3) is 5.24. The Hall–Kier alpha value is -4.66. The van der Waals surface area contributed by atoms with Crippen LogP contribution in [0.15, 0.2) is 66.9 Å². The zero-order valence-electron chi connectivity index (χ0n) is 26.3. The molecule has 0 spiro atoms. The van der Waals surface area contributed by atoms with Crippen molar-refractivity contribution in [3.8, 4) is 46.0 Å². The molecule has 0 saturated carbocycles. The van der Waals surface area contributed by atoms with E-state index in [0.29, 0.717) is 40.9 Å². The lowest BCUT2D eigenvalue weighted by atomic mass is 9.88. The first-order valence-corrected chi connectivity index (χ1v) is 15.3. The molecule has 4 aromatic carbocycles. The molecule has 45 heavy (non-hydrogen) atoms. The molecular formula is C37H39N2O6+. The van der Waals surface area contributed by atoms with Gasteiger partial charge in [-0.05, 0) is 96.2 Å². The molecule has 8 rings (SSSR count). The van der Waals surface area contributed by atoms with Crippen LogP contribution < -0.4 is 28.6 Å². The van der Waals surface area contributed by atoms with Gasteiger partial charge in [0.05, 0.1) is 40.1 Å². The number of methoxy groups -OCH3 is 3. The highest BCUT2D eigenvalue weighted by Crippen LogP contribution is 2.49. The highest BCUT2D eigenvalue weighted by atomic mass is 16.5. The average molecular weight is 608 g/mol. The summed E-state index contributed by atoms with van der Waals surface area (Å²) in [5.74, 6) is 4.02. The van der Waals surface area contributed by atoms with Crippen LogP contribution in [0, 0.1) is 0 Å². The third-order valence-electron chi connectivity index (χ3n) is 9.44. The van der Waals surface area contributed by atoms with E-state index in [1.807, 2.05) is 24.3 Å². The van der Waals surface area contributed by atoms with E-state index in [1.54, 1.807) is 21.3 Å². The number of benzene rings is 4. The second kappa shape index (κ2) is 11.7. The summed E-state index contributed by atoms with van der Waals surface area (Å²) in [6.07, 6.45) is 6.56. The van der Waals surface area contributed by atoms with E-state index in [0.717, 1.165) is 47.4 Å². The molecule has 0 aliphatic carbocycles. The number of ether oxygens (including phenoxy) is 5. The number of aromatic hydroxyl groups is 1. The molecule has 0 fully saturated rings. The Morgan fingerprint density at radius 2 is 1.56 bits per heavy atom. The molecule has 232 valence electrons. The van der Waals surface area contributed by atoms with Crippen molar-refractivity contribution in [2.24, 2.45) is 0 Å². The van der Waals surface area contributed by atoms with Crippen LogP contribution in [0.5, 0.6) is 46.0 Å². The van der Waals surface area contributed by atoms with Crippen molar-refractivity contribution in [2.45, 2.75) is 31.3 Å². The van der Waals surface area contributed by atoms with E-state index < -0.39 is 0 Å². The largest absolute Gasteiger partial charge is 0.502 e. The van der Waals surface area contributed by atoms with Crippen LogP contribution in [0.4, 0.5) is 0 Å². The van der Waals surface area contributed by atoms with E-state index in [9.17, 15) is 5.11 Å². The number of hydrogen-bond donors (Lipinski definition) is 2. The zero-order valence-corrected chi connectivity index (χ0v) is 26.3. The number of fused-ring (bicyclic) bond motifs is 2. The van der Waals surface area contributed by atoms with E-state index in [1.165, 1.54) is 16.0 Å². The smallest absolute Gasteiger partial charge is 0.202 e. The fourth-order valence-corrected chi connectivity index (χ4v) is 6.90. The SMILES string of the molecule is COc1ccc2cc1Oc1ccc(cc1)CC1c3c(cc(OC)c(O)c3Oc3cc4c(cc3OC)CCN(C)C4C2)C=C[NH+]1C. The number of quaternary nitrogens is 1. The molecule has 0 amide bonds. The van der Waals surface area contributed by atoms with Crippen molar-refractivity contribution in [3.63, 3.8) is 0 Å². The van der Waals surface area contributed by atoms with Gasteiger partial charge in [-0.1, -0.05) is 18.2 Å². The first-order chi connectivity index (χ1) is 21.9. The Morgan fingerprint density at radius 3 is 2.31 bits per heavy atom. The monoisotopic (exact) mass is 607 g/mol. The van der Waals surface area contributed by atoms with Gasteiger partial charge in [-0.15, -0.1) is 0 Å². The maximum absolute atomic E-state index is 11.6. The molecule has 0 radical (unpaired) electrons. The fraction of sp³-hybridized carbons (Fsp3) is 0.297. The number of nitrogens with zero attached hydrogens (tertiary/aromatic N) is 1. The summed E-state index contributed by atoms with van der Waals surface area (Å²) in [5, 5.41) is 11.6. The highest BCUT2D eigenvalue weighted by Gasteiger charge is 2.35.